The number of hydrogen-bond acceptors (Lipinski definition) is 1. The van der Waals surface area contributed by atoms with E-state index in [1.165, 1.54) is 5.56 Å². The molecule has 0 unspecified atom stereocenters. The van der Waals surface area contributed by atoms with Gasteiger partial charge in [-0.2, -0.15) is 0 Å². The van der Waals surface area contributed by atoms with E-state index < -0.39 is 0 Å². The fraction of sp³-hybridized carbons (Fsp3) is 0.118. The fourth-order valence-electron chi connectivity index (χ4n) is 1.82. The van der Waals surface area contributed by atoms with Gasteiger partial charge < -0.3 is 0 Å². The van der Waals surface area contributed by atoms with Gasteiger partial charge in [-0.25, -0.2) is 0 Å². The minimum Gasteiger partial charge on any atom is -0.289 e. The molecule has 0 aliphatic rings. The zero-order chi connectivity index (χ0) is 13.8. The predicted molar refractivity (Wildman–Crippen MR) is 91.1 cm³/mol. The standard InChI is InChI=1S/C17H15ClO.BrH/c1-12-3-4-13(2)15(11-12)7-10-17(19)14-5-8-16(18)9-6-14;/h3-11H,1-2H3;1H/b10-7+;. The number of rotatable bonds is 3. The van der Waals surface area contributed by atoms with Crippen molar-refractivity contribution in [3.63, 3.8) is 0 Å². The monoisotopic (exact) mass is 350 g/mol. The summed E-state index contributed by atoms with van der Waals surface area (Å²) < 4.78 is 0. The van der Waals surface area contributed by atoms with E-state index in [-0.39, 0.29) is 22.8 Å². The Morgan fingerprint density at radius 2 is 1.70 bits per heavy atom. The second-order valence-electron chi connectivity index (χ2n) is 4.56. The molecule has 0 bridgehead atoms. The molecule has 0 atom stereocenters. The molecule has 1 nitrogen and oxygen atoms in total. The number of carbonyl (C=O) groups excluding carboxylic acids is 1. The van der Waals surface area contributed by atoms with Crippen LogP contribution in [0.4, 0.5) is 0 Å². The van der Waals surface area contributed by atoms with Gasteiger partial charge in [0.1, 0.15) is 0 Å². The molecule has 104 valence electrons. The molecule has 0 radical (unpaired) electrons. The highest BCUT2D eigenvalue weighted by Crippen LogP contribution is 2.14. The van der Waals surface area contributed by atoms with Crippen molar-refractivity contribution in [1.29, 1.82) is 0 Å². The molecule has 3 heteroatoms. The third-order valence-electron chi connectivity index (χ3n) is 2.98. The van der Waals surface area contributed by atoms with Gasteiger partial charge >= 0.3 is 0 Å². The Labute approximate surface area is 135 Å². The molecule has 0 saturated carbocycles. The second-order valence-corrected chi connectivity index (χ2v) is 5.00. The summed E-state index contributed by atoms with van der Waals surface area (Å²) in [5, 5.41) is 0.634. The van der Waals surface area contributed by atoms with Gasteiger partial charge in [0.15, 0.2) is 5.78 Å². The summed E-state index contributed by atoms with van der Waals surface area (Å²) in [5.41, 5.74) is 4.06. The smallest absolute Gasteiger partial charge is 0.185 e. The Kier molecular flexibility index (Phi) is 6.18. The average molecular weight is 352 g/mol. The average Bonchev–Trinajstić information content (AvgIpc) is 2.40. The molecule has 2 aromatic carbocycles. The van der Waals surface area contributed by atoms with Crippen LogP contribution >= 0.6 is 28.6 Å². The summed E-state index contributed by atoms with van der Waals surface area (Å²) in [6.45, 7) is 4.07. The molecule has 0 aliphatic carbocycles. The third kappa shape index (κ3) is 4.32. The van der Waals surface area contributed by atoms with Gasteiger partial charge in [0, 0.05) is 10.6 Å². The summed E-state index contributed by atoms with van der Waals surface area (Å²) in [6, 6.07) is 13.1. The van der Waals surface area contributed by atoms with Crippen LogP contribution in [0.15, 0.2) is 48.5 Å². The number of halogens is 2. The number of aryl methyl sites for hydroxylation is 2. The zero-order valence-corrected chi connectivity index (χ0v) is 13.9. The summed E-state index contributed by atoms with van der Waals surface area (Å²) in [6.07, 6.45) is 3.46. The highest BCUT2D eigenvalue weighted by Gasteiger charge is 2.01. The SMILES string of the molecule is Br.Cc1ccc(C)c(/C=C/C(=O)c2ccc(Cl)cc2)c1. The molecular weight excluding hydrogens is 336 g/mol. The normalized spacial score (nSPS) is 10.3. The maximum Gasteiger partial charge on any atom is 0.185 e. The summed E-state index contributed by atoms with van der Waals surface area (Å²) in [5.74, 6) is -0.0161. The molecule has 2 aromatic rings. The number of allylic oxidation sites excluding steroid dienone is 1. The fourth-order valence-corrected chi connectivity index (χ4v) is 1.94. The van der Waals surface area contributed by atoms with Crippen LogP contribution in [0, 0.1) is 13.8 Å². The van der Waals surface area contributed by atoms with Gasteiger partial charge in [-0.05, 0) is 55.3 Å². The van der Waals surface area contributed by atoms with Crippen LogP contribution in [0.5, 0.6) is 0 Å². The lowest BCUT2D eigenvalue weighted by Crippen LogP contribution is -1.93. The van der Waals surface area contributed by atoms with Crippen LogP contribution in [0.25, 0.3) is 6.08 Å². The lowest BCUT2D eigenvalue weighted by atomic mass is 10.0. The summed E-state index contributed by atoms with van der Waals surface area (Å²) in [7, 11) is 0. The van der Waals surface area contributed by atoms with Crippen LogP contribution in [0.3, 0.4) is 0 Å². The molecule has 0 fully saturated rings. The highest BCUT2D eigenvalue weighted by molar-refractivity contribution is 8.93. The lowest BCUT2D eigenvalue weighted by molar-refractivity contribution is 0.104. The molecule has 0 saturated heterocycles. The molecule has 0 aromatic heterocycles. The van der Waals surface area contributed by atoms with Crippen LogP contribution < -0.4 is 0 Å². The van der Waals surface area contributed by atoms with E-state index in [0.717, 1.165) is 11.1 Å². The number of ketones is 1. The number of carbonyl (C=O) groups is 1. The van der Waals surface area contributed by atoms with Crippen LogP contribution in [0.1, 0.15) is 27.0 Å². The van der Waals surface area contributed by atoms with Crippen molar-refractivity contribution in [2.75, 3.05) is 0 Å². The van der Waals surface area contributed by atoms with E-state index >= 15 is 0 Å². The highest BCUT2D eigenvalue weighted by atomic mass is 79.9. The Hall–Kier alpha value is -1.38. The number of benzene rings is 2. The first kappa shape index (κ1) is 16.7. The van der Waals surface area contributed by atoms with E-state index in [2.05, 4.69) is 18.2 Å². The van der Waals surface area contributed by atoms with Gasteiger partial charge in [-0.3, -0.25) is 4.79 Å². The van der Waals surface area contributed by atoms with Crippen molar-refractivity contribution in [3.05, 3.63) is 75.8 Å². The second kappa shape index (κ2) is 7.41. The minimum atomic E-state index is -0.0161. The summed E-state index contributed by atoms with van der Waals surface area (Å²) in [4.78, 5) is 12.0. The lowest BCUT2D eigenvalue weighted by Gasteiger charge is -2.01. The Morgan fingerprint density at radius 1 is 1.05 bits per heavy atom. The van der Waals surface area contributed by atoms with E-state index in [1.54, 1.807) is 30.3 Å². The molecular formula is C17H16BrClO. The van der Waals surface area contributed by atoms with Crippen molar-refractivity contribution in [2.24, 2.45) is 0 Å². The van der Waals surface area contributed by atoms with E-state index in [9.17, 15) is 4.79 Å². The van der Waals surface area contributed by atoms with Crippen LogP contribution in [-0.2, 0) is 0 Å². The van der Waals surface area contributed by atoms with Gasteiger partial charge in [0.05, 0.1) is 0 Å². The largest absolute Gasteiger partial charge is 0.289 e. The molecule has 20 heavy (non-hydrogen) atoms. The van der Waals surface area contributed by atoms with E-state index in [4.69, 9.17) is 11.6 Å². The number of hydrogen-bond donors (Lipinski definition) is 0. The van der Waals surface area contributed by atoms with Crippen LogP contribution in [-0.4, -0.2) is 5.78 Å². The molecule has 2 rings (SSSR count). The quantitative estimate of drug-likeness (QED) is 0.532. The first-order valence-corrected chi connectivity index (χ1v) is 6.49. The molecule has 0 N–H and O–H groups in total. The minimum absolute atomic E-state index is 0. The predicted octanol–water partition coefficient (Wildman–Crippen LogP) is 5.43. The third-order valence-corrected chi connectivity index (χ3v) is 3.23. The van der Waals surface area contributed by atoms with Crippen molar-refractivity contribution in [2.45, 2.75) is 13.8 Å². The van der Waals surface area contributed by atoms with Gasteiger partial charge in [-0.1, -0.05) is 41.4 Å². The maximum atomic E-state index is 12.0. The van der Waals surface area contributed by atoms with Crippen molar-refractivity contribution < 1.29 is 4.79 Å². The Bertz CT molecular complexity index is 630. The molecule has 0 heterocycles. The zero-order valence-electron chi connectivity index (χ0n) is 11.4. The van der Waals surface area contributed by atoms with E-state index in [0.29, 0.717) is 10.6 Å². The van der Waals surface area contributed by atoms with Crippen molar-refractivity contribution in [3.8, 4) is 0 Å². The Balaban J connectivity index is 0.00000200. The van der Waals surface area contributed by atoms with Gasteiger partial charge in [0.2, 0.25) is 0 Å². The Morgan fingerprint density at radius 3 is 2.35 bits per heavy atom. The maximum absolute atomic E-state index is 12.0. The topological polar surface area (TPSA) is 17.1 Å². The molecule has 0 spiro atoms. The van der Waals surface area contributed by atoms with Crippen LogP contribution in [0.2, 0.25) is 5.02 Å². The van der Waals surface area contributed by atoms with Crippen molar-refractivity contribution >= 4 is 40.4 Å². The van der Waals surface area contributed by atoms with Gasteiger partial charge in [-0.15, -0.1) is 17.0 Å². The van der Waals surface area contributed by atoms with Gasteiger partial charge in [0.25, 0.3) is 0 Å². The first-order chi connectivity index (χ1) is 9.06. The van der Waals surface area contributed by atoms with E-state index in [1.807, 2.05) is 19.9 Å². The summed E-state index contributed by atoms with van der Waals surface area (Å²) >= 11 is 5.80. The first-order valence-electron chi connectivity index (χ1n) is 6.11. The molecule has 0 amide bonds. The van der Waals surface area contributed by atoms with Crippen molar-refractivity contribution in [1.82, 2.24) is 0 Å². The molecule has 0 aliphatic heterocycles.